The van der Waals surface area contributed by atoms with Crippen molar-refractivity contribution in [2.75, 3.05) is 6.26 Å². The molecule has 0 saturated heterocycles. The molecule has 0 amide bonds. The Bertz CT molecular complexity index is 589. The first kappa shape index (κ1) is 11.2. The molecule has 0 aliphatic carbocycles. The van der Waals surface area contributed by atoms with Gasteiger partial charge in [-0.05, 0) is 17.7 Å². The zero-order valence-electron chi connectivity index (χ0n) is 9.23. The first-order chi connectivity index (χ1) is 7.70. The van der Waals surface area contributed by atoms with Crippen molar-refractivity contribution >= 4 is 22.5 Å². The summed E-state index contributed by atoms with van der Waals surface area (Å²) in [5, 5.41) is 11.8. The number of thioether (sulfide) groups is 1. The molecule has 0 aliphatic heterocycles. The third kappa shape index (κ3) is 1.54. The van der Waals surface area contributed by atoms with E-state index in [0.717, 1.165) is 16.0 Å². The Hall–Kier alpha value is -1.26. The van der Waals surface area contributed by atoms with Gasteiger partial charge in [-0.25, -0.2) is 0 Å². The molecular weight excluding hydrogens is 222 g/mol. The number of pyridine rings is 1. The van der Waals surface area contributed by atoms with Gasteiger partial charge in [0.05, 0.1) is 11.6 Å². The summed E-state index contributed by atoms with van der Waals surface area (Å²) in [4.78, 5) is 12.0. The van der Waals surface area contributed by atoms with Crippen molar-refractivity contribution in [2.24, 2.45) is 7.05 Å². The maximum atomic E-state index is 12.0. The number of benzene rings is 1. The van der Waals surface area contributed by atoms with Crippen molar-refractivity contribution in [2.45, 2.75) is 11.6 Å². The number of hydrogen-bond acceptors (Lipinski definition) is 3. The van der Waals surface area contributed by atoms with E-state index in [1.165, 1.54) is 11.8 Å². The molecule has 3 nitrogen and oxygen atoms in total. The molecular formula is C12H13NO2S. The van der Waals surface area contributed by atoms with Crippen LogP contribution in [0.15, 0.2) is 34.1 Å². The van der Waals surface area contributed by atoms with Crippen molar-refractivity contribution in [1.29, 1.82) is 0 Å². The summed E-state index contributed by atoms with van der Waals surface area (Å²) in [7, 11) is 1.74. The molecule has 1 heterocycles. The van der Waals surface area contributed by atoms with Crippen molar-refractivity contribution in [3.63, 3.8) is 0 Å². The molecule has 0 spiro atoms. The van der Waals surface area contributed by atoms with Gasteiger partial charge in [-0.2, -0.15) is 0 Å². The summed E-state index contributed by atoms with van der Waals surface area (Å²) in [6.07, 6.45) is 1.91. The van der Waals surface area contributed by atoms with E-state index in [4.69, 9.17) is 0 Å². The minimum absolute atomic E-state index is 0.0165. The van der Waals surface area contributed by atoms with Gasteiger partial charge in [0.1, 0.15) is 0 Å². The predicted molar refractivity (Wildman–Crippen MR) is 66.9 cm³/mol. The van der Waals surface area contributed by atoms with Crippen molar-refractivity contribution in [3.05, 3.63) is 40.2 Å². The maximum Gasteiger partial charge on any atom is 0.259 e. The quantitative estimate of drug-likeness (QED) is 0.806. The zero-order valence-corrected chi connectivity index (χ0v) is 10.0. The smallest absolute Gasteiger partial charge is 0.259 e. The second kappa shape index (κ2) is 4.31. The molecule has 2 rings (SSSR count). The van der Waals surface area contributed by atoms with Gasteiger partial charge in [-0.3, -0.25) is 4.79 Å². The summed E-state index contributed by atoms with van der Waals surface area (Å²) in [5.41, 5.74) is 0.808. The van der Waals surface area contributed by atoms with Crippen LogP contribution in [-0.4, -0.2) is 15.9 Å². The lowest BCUT2D eigenvalue weighted by Gasteiger charge is -2.13. The molecule has 84 valence electrons. The van der Waals surface area contributed by atoms with Crippen molar-refractivity contribution < 1.29 is 5.11 Å². The molecule has 0 aliphatic rings. The number of aliphatic hydroxyl groups is 1. The summed E-state index contributed by atoms with van der Waals surface area (Å²) >= 11 is 1.48. The number of aromatic nitrogens is 1. The van der Waals surface area contributed by atoms with Crippen LogP contribution < -0.4 is 5.56 Å². The molecule has 0 radical (unpaired) electrons. The number of fused-ring (bicyclic) bond motifs is 1. The van der Waals surface area contributed by atoms with Crippen LogP contribution >= 0.6 is 11.8 Å². The van der Waals surface area contributed by atoms with E-state index in [0.29, 0.717) is 5.39 Å². The lowest BCUT2D eigenvalue weighted by atomic mass is 10.1. The molecule has 0 unspecified atom stereocenters. The molecule has 1 aromatic heterocycles. The monoisotopic (exact) mass is 235 g/mol. The Morgan fingerprint density at radius 1 is 1.31 bits per heavy atom. The SMILES string of the molecule is CSc1c(CO)c2ccccc2c(=O)n1C. The lowest BCUT2D eigenvalue weighted by molar-refractivity contribution is 0.278. The third-order valence-corrected chi connectivity index (χ3v) is 3.61. The Morgan fingerprint density at radius 3 is 2.50 bits per heavy atom. The summed E-state index contributed by atoms with van der Waals surface area (Å²) in [5.74, 6) is 0. The Kier molecular flexibility index (Phi) is 3.03. The molecule has 4 heteroatoms. The highest BCUT2D eigenvalue weighted by atomic mass is 32.2. The van der Waals surface area contributed by atoms with Gasteiger partial charge in [0, 0.05) is 18.0 Å². The van der Waals surface area contributed by atoms with E-state index in [9.17, 15) is 9.90 Å². The summed E-state index contributed by atoms with van der Waals surface area (Å²) < 4.78 is 1.60. The predicted octanol–water partition coefficient (Wildman–Crippen LogP) is 1.75. The average Bonchev–Trinajstić information content (AvgIpc) is 2.33. The minimum Gasteiger partial charge on any atom is -0.392 e. The van der Waals surface area contributed by atoms with Gasteiger partial charge in [-0.15, -0.1) is 11.8 Å². The fourth-order valence-corrected chi connectivity index (χ4v) is 2.71. The molecule has 0 atom stereocenters. The first-order valence-electron chi connectivity index (χ1n) is 4.96. The van der Waals surface area contributed by atoms with Crippen LogP contribution in [0.4, 0.5) is 0 Å². The lowest BCUT2D eigenvalue weighted by Crippen LogP contribution is -2.20. The highest BCUT2D eigenvalue weighted by molar-refractivity contribution is 7.98. The van der Waals surface area contributed by atoms with Crippen LogP contribution in [-0.2, 0) is 13.7 Å². The van der Waals surface area contributed by atoms with E-state index < -0.39 is 0 Å². The Balaban J connectivity index is 3.01. The second-order valence-electron chi connectivity index (χ2n) is 3.56. The van der Waals surface area contributed by atoms with Crippen molar-refractivity contribution in [3.8, 4) is 0 Å². The topological polar surface area (TPSA) is 42.2 Å². The van der Waals surface area contributed by atoms with Gasteiger partial charge in [0.25, 0.3) is 5.56 Å². The molecule has 0 bridgehead atoms. The maximum absolute atomic E-state index is 12.0. The van der Waals surface area contributed by atoms with Crippen LogP contribution in [0.3, 0.4) is 0 Å². The van der Waals surface area contributed by atoms with Gasteiger partial charge >= 0.3 is 0 Å². The van der Waals surface area contributed by atoms with Crippen LogP contribution in [0, 0.1) is 0 Å². The number of rotatable bonds is 2. The second-order valence-corrected chi connectivity index (χ2v) is 4.35. The van der Waals surface area contributed by atoms with Crippen LogP contribution in [0.1, 0.15) is 5.56 Å². The Morgan fingerprint density at radius 2 is 1.94 bits per heavy atom. The number of hydrogen-bond donors (Lipinski definition) is 1. The molecule has 0 saturated carbocycles. The van der Waals surface area contributed by atoms with E-state index >= 15 is 0 Å². The average molecular weight is 235 g/mol. The van der Waals surface area contributed by atoms with E-state index in [2.05, 4.69) is 0 Å². The van der Waals surface area contributed by atoms with Gasteiger partial charge in [-0.1, -0.05) is 18.2 Å². The van der Waals surface area contributed by atoms with Gasteiger partial charge in [0.15, 0.2) is 0 Å². The van der Waals surface area contributed by atoms with Crippen LogP contribution in [0.25, 0.3) is 10.8 Å². The zero-order chi connectivity index (χ0) is 11.7. The largest absolute Gasteiger partial charge is 0.392 e. The molecule has 1 N–H and O–H groups in total. The summed E-state index contributed by atoms with van der Waals surface area (Å²) in [6.45, 7) is -0.0508. The van der Waals surface area contributed by atoms with Crippen LogP contribution in [0.5, 0.6) is 0 Å². The molecule has 2 aromatic rings. The molecule has 1 aromatic carbocycles. The fourth-order valence-electron chi connectivity index (χ4n) is 1.94. The van der Waals surface area contributed by atoms with E-state index in [-0.39, 0.29) is 12.2 Å². The standard InChI is InChI=1S/C12H13NO2S/c1-13-11(15)9-6-4-3-5-8(9)10(7-14)12(13)16-2/h3-6,14H,7H2,1-2H3. The Labute approximate surface area is 97.7 Å². The first-order valence-corrected chi connectivity index (χ1v) is 6.18. The fraction of sp³-hybridized carbons (Fsp3) is 0.250. The van der Waals surface area contributed by atoms with Gasteiger partial charge < -0.3 is 9.67 Å². The molecule has 0 fully saturated rings. The highest BCUT2D eigenvalue weighted by Gasteiger charge is 2.12. The molecule has 16 heavy (non-hydrogen) atoms. The summed E-state index contributed by atoms with van der Waals surface area (Å²) in [6, 6.07) is 7.39. The van der Waals surface area contributed by atoms with E-state index in [1.807, 2.05) is 24.5 Å². The number of nitrogens with zero attached hydrogens (tertiary/aromatic N) is 1. The number of aliphatic hydroxyl groups excluding tert-OH is 1. The van der Waals surface area contributed by atoms with E-state index in [1.54, 1.807) is 17.7 Å². The highest BCUT2D eigenvalue weighted by Crippen LogP contribution is 2.25. The third-order valence-electron chi connectivity index (χ3n) is 2.70. The van der Waals surface area contributed by atoms with Crippen LogP contribution in [0.2, 0.25) is 0 Å². The normalized spacial score (nSPS) is 10.9. The van der Waals surface area contributed by atoms with Crippen molar-refractivity contribution in [1.82, 2.24) is 4.57 Å². The van der Waals surface area contributed by atoms with Gasteiger partial charge in [0.2, 0.25) is 0 Å². The minimum atomic E-state index is -0.0508.